The molecule has 0 radical (unpaired) electrons. The quantitative estimate of drug-likeness (QED) is 0.870. The van der Waals surface area contributed by atoms with E-state index in [2.05, 4.69) is 0 Å². The summed E-state index contributed by atoms with van der Waals surface area (Å²) in [5.41, 5.74) is 1.01. The maximum absolute atomic E-state index is 12.5. The predicted octanol–water partition coefficient (Wildman–Crippen LogP) is 2.72. The molecule has 100 valence electrons. The van der Waals surface area contributed by atoms with E-state index in [1.54, 1.807) is 18.2 Å². The lowest BCUT2D eigenvalue weighted by Crippen LogP contribution is -2.32. The van der Waals surface area contributed by atoms with E-state index in [0.717, 1.165) is 31.0 Å². The van der Waals surface area contributed by atoms with Crippen molar-refractivity contribution in [3.8, 4) is 5.75 Å². The van der Waals surface area contributed by atoms with E-state index >= 15 is 0 Å². The Hall–Kier alpha value is -1.62. The Bertz CT molecular complexity index is 600. The summed E-state index contributed by atoms with van der Waals surface area (Å²) in [6.45, 7) is 1.52. The van der Waals surface area contributed by atoms with Gasteiger partial charge in [0.2, 0.25) is 0 Å². The molecule has 1 aliphatic rings. The fraction of sp³-hybridized carbons (Fsp3) is 0.357. The van der Waals surface area contributed by atoms with Crippen molar-refractivity contribution >= 4 is 28.6 Å². The molecular weight excluding hydrogens is 262 g/mol. The van der Waals surface area contributed by atoms with Crippen molar-refractivity contribution in [2.75, 3.05) is 24.6 Å². The highest BCUT2D eigenvalue weighted by Gasteiger charge is 2.22. The highest BCUT2D eigenvalue weighted by Crippen LogP contribution is 2.30. The second kappa shape index (κ2) is 5.17. The maximum atomic E-state index is 12.5. The van der Waals surface area contributed by atoms with Crippen molar-refractivity contribution in [3.63, 3.8) is 0 Å². The largest absolute Gasteiger partial charge is 0.507 e. The van der Waals surface area contributed by atoms with Crippen molar-refractivity contribution in [2.45, 2.75) is 6.42 Å². The molecule has 1 aromatic carbocycles. The summed E-state index contributed by atoms with van der Waals surface area (Å²) in [5.74, 6) is 2.11. The number of thioether (sulfide) groups is 1. The third-order valence-electron chi connectivity index (χ3n) is 3.32. The first-order valence-corrected chi connectivity index (χ1v) is 7.49. The van der Waals surface area contributed by atoms with Gasteiger partial charge in [0.25, 0.3) is 5.91 Å². The van der Waals surface area contributed by atoms with Gasteiger partial charge in [-0.05, 0) is 24.3 Å². The number of nitrogens with zero attached hydrogens (tertiary/aromatic N) is 1. The first-order valence-electron chi connectivity index (χ1n) is 6.33. The molecule has 1 aromatic heterocycles. The van der Waals surface area contributed by atoms with Gasteiger partial charge in [0.1, 0.15) is 17.6 Å². The Labute approximate surface area is 115 Å². The zero-order valence-corrected chi connectivity index (χ0v) is 11.3. The number of carbonyl (C=O) groups excluding carboxylic acids is 1. The Balaban J connectivity index is 1.97. The van der Waals surface area contributed by atoms with Gasteiger partial charge in [-0.25, -0.2) is 0 Å². The topological polar surface area (TPSA) is 53.7 Å². The van der Waals surface area contributed by atoms with Gasteiger partial charge in [0.15, 0.2) is 0 Å². The molecule has 5 heteroatoms. The van der Waals surface area contributed by atoms with E-state index in [0.29, 0.717) is 16.5 Å². The number of carbonyl (C=O) groups is 1. The molecule has 19 heavy (non-hydrogen) atoms. The van der Waals surface area contributed by atoms with Crippen LogP contribution in [0.5, 0.6) is 5.75 Å². The monoisotopic (exact) mass is 277 g/mol. The second-order valence-corrected chi connectivity index (χ2v) is 5.78. The van der Waals surface area contributed by atoms with Crippen molar-refractivity contribution < 1.29 is 14.3 Å². The van der Waals surface area contributed by atoms with Crippen LogP contribution < -0.4 is 0 Å². The normalized spacial score (nSPS) is 16.5. The van der Waals surface area contributed by atoms with Gasteiger partial charge >= 0.3 is 0 Å². The molecule has 1 fully saturated rings. The zero-order valence-electron chi connectivity index (χ0n) is 10.5. The van der Waals surface area contributed by atoms with Crippen LogP contribution in [0.1, 0.15) is 16.8 Å². The second-order valence-electron chi connectivity index (χ2n) is 4.56. The van der Waals surface area contributed by atoms with Crippen LogP contribution in [0.25, 0.3) is 11.0 Å². The van der Waals surface area contributed by atoms with Gasteiger partial charge < -0.3 is 14.4 Å². The summed E-state index contributed by atoms with van der Waals surface area (Å²) in [7, 11) is 0. The van der Waals surface area contributed by atoms with Crippen molar-refractivity contribution in [1.82, 2.24) is 4.90 Å². The van der Waals surface area contributed by atoms with Gasteiger partial charge in [-0.2, -0.15) is 11.8 Å². The SMILES string of the molecule is O=C(c1coc2cccc(O)c12)N1CCCSCC1. The number of amides is 1. The molecule has 0 bridgehead atoms. The van der Waals surface area contributed by atoms with E-state index in [4.69, 9.17) is 4.42 Å². The van der Waals surface area contributed by atoms with Crippen LogP contribution in [0.2, 0.25) is 0 Å². The lowest BCUT2D eigenvalue weighted by Gasteiger charge is -2.19. The van der Waals surface area contributed by atoms with Crippen molar-refractivity contribution in [1.29, 1.82) is 0 Å². The fourth-order valence-electron chi connectivity index (χ4n) is 2.35. The number of phenolic OH excluding ortho intramolecular Hbond substituents is 1. The third-order valence-corrected chi connectivity index (χ3v) is 4.37. The summed E-state index contributed by atoms with van der Waals surface area (Å²) in [5, 5.41) is 10.4. The van der Waals surface area contributed by atoms with Gasteiger partial charge in [0.05, 0.1) is 10.9 Å². The maximum Gasteiger partial charge on any atom is 0.257 e. The lowest BCUT2D eigenvalue weighted by molar-refractivity contribution is 0.0769. The number of phenols is 1. The minimum atomic E-state index is -0.0530. The Kier molecular flexibility index (Phi) is 3.38. The van der Waals surface area contributed by atoms with Gasteiger partial charge in [-0.1, -0.05) is 6.07 Å². The van der Waals surface area contributed by atoms with E-state index in [1.807, 2.05) is 16.7 Å². The van der Waals surface area contributed by atoms with Gasteiger partial charge in [0, 0.05) is 18.8 Å². The minimum Gasteiger partial charge on any atom is -0.507 e. The van der Waals surface area contributed by atoms with Crippen molar-refractivity contribution in [2.24, 2.45) is 0 Å². The van der Waals surface area contributed by atoms with Gasteiger partial charge in [-0.15, -0.1) is 0 Å². The molecule has 1 N–H and O–H groups in total. The molecular formula is C14H15NO3S. The minimum absolute atomic E-state index is 0.0530. The van der Waals surface area contributed by atoms with Crippen LogP contribution in [0.15, 0.2) is 28.9 Å². The van der Waals surface area contributed by atoms with Gasteiger partial charge in [-0.3, -0.25) is 4.79 Å². The zero-order chi connectivity index (χ0) is 13.2. The number of benzene rings is 1. The van der Waals surface area contributed by atoms with Crippen LogP contribution >= 0.6 is 11.8 Å². The first kappa shape index (κ1) is 12.4. The molecule has 0 atom stereocenters. The third kappa shape index (κ3) is 2.30. The average molecular weight is 277 g/mol. The molecule has 2 aromatic rings. The Morgan fingerprint density at radius 1 is 1.32 bits per heavy atom. The average Bonchev–Trinajstić information content (AvgIpc) is 2.67. The lowest BCUT2D eigenvalue weighted by atomic mass is 10.1. The molecule has 1 aliphatic heterocycles. The predicted molar refractivity (Wildman–Crippen MR) is 75.7 cm³/mol. The number of rotatable bonds is 1. The molecule has 0 unspecified atom stereocenters. The molecule has 4 nitrogen and oxygen atoms in total. The van der Waals surface area contributed by atoms with E-state index in [-0.39, 0.29) is 11.7 Å². The number of furan rings is 1. The van der Waals surface area contributed by atoms with Crippen LogP contribution in [-0.4, -0.2) is 40.5 Å². The number of hydrogen-bond acceptors (Lipinski definition) is 4. The molecule has 3 rings (SSSR count). The molecule has 0 saturated carbocycles. The molecule has 0 aliphatic carbocycles. The summed E-state index contributed by atoms with van der Waals surface area (Å²) in [6, 6.07) is 5.04. The van der Waals surface area contributed by atoms with Crippen molar-refractivity contribution in [3.05, 3.63) is 30.0 Å². The first-order chi connectivity index (χ1) is 9.27. The van der Waals surface area contributed by atoms with E-state index in [9.17, 15) is 9.90 Å². The standard InChI is InChI=1S/C14H15NO3S/c16-11-3-1-4-12-13(11)10(9-18-12)14(17)15-5-2-7-19-8-6-15/h1,3-4,9,16H,2,5-8H2. The summed E-state index contributed by atoms with van der Waals surface area (Å²) >= 11 is 1.87. The van der Waals surface area contributed by atoms with E-state index < -0.39 is 0 Å². The highest BCUT2D eigenvalue weighted by molar-refractivity contribution is 7.99. The van der Waals surface area contributed by atoms with Crippen LogP contribution in [-0.2, 0) is 0 Å². The number of hydrogen-bond donors (Lipinski definition) is 1. The summed E-state index contributed by atoms with van der Waals surface area (Å²) in [6.07, 6.45) is 2.46. The molecule has 2 heterocycles. The van der Waals surface area contributed by atoms with E-state index in [1.165, 1.54) is 6.26 Å². The fourth-order valence-corrected chi connectivity index (χ4v) is 3.23. The Morgan fingerprint density at radius 3 is 3.11 bits per heavy atom. The van der Waals surface area contributed by atoms with Crippen LogP contribution in [0.4, 0.5) is 0 Å². The molecule has 0 spiro atoms. The summed E-state index contributed by atoms with van der Waals surface area (Å²) < 4.78 is 5.36. The Morgan fingerprint density at radius 2 is 2.21 bits per heavy atom. The summed E-state index contributed by atoms with van der Waals surface area (Å²) in [4.78, 5) is 14.4. The highest BCUT2D eigenvalue weighted by atomic mass is 32.2. The smallest absolute Gasteiger partial charge is 0.257 e. The number of aromatic hydroxyl groups is 1. The molecule has 1 saturated heterocycles. The number of fused-ring (bicyclic) bond motifs is 1. The molecule has 1 amide bonds. The van der Waals surface area contributed by atoms with Crippen LogP contribution in [0.3, 0.4) is 0 Å². The van der Waals surface area contributed by atoms with Crippen LogP contribution in [0, 0.1) is 0 Å².